The fraction of sp³-hybridized carbons (Fsp3) is 1.00. The van der Waals surface area contributed by atoms with Gasteiger partial charge in [-0.3, -0.25) is 0 Å². The first-order chi connectivity index (χ1) is 14.0. The molecule has 0 amide bonds. The number of rotatable bonds is 5. The van der Waals surface area contributed by atoms with Gasteiger partial charge < -0.3 is 39.4 Å². The lowest BCUT2D eigenvalue weighted by Gasteiger charge is -2.62. The van der Waals surface area contributed by atoms with E-state index in [2.05, 4.69) is 20.8 Å². The van der Waals surface area contributed by atoms with E-state index >= 15 is 0 Å². The number of epoxide rings is 1. The SMILES string of the molecule is CO[C@@H]1O[C@H](OC)[C@](O)(CC[C@]2(C)[C@H]3C[C@H](O)[C@H](O)[C@@]4(CO4)[C@@]3(C)CC[C@@H]2C)[C@@H]1O. The Bertz CT molecular complexity index is 651. The summed E-state index contributed by atoms with van der Waals surface area (Å²) in [5.74, 6) is 0.452. The zero-order valence-corrected chi connectivity index (χ0v) is 18.7. The smallest absolute Gasteiger partial charge is 0.191 e. The molecule has 0 aromatic carbocycles. The van der Waals surface area contributed by atoms with Gasteiger partial charge in [-0.05, 0) is 49.4 Å². The minimum Gasteiger partial charge on any atom is -0.390 e. The molecule has 1 spiro atoms. The lowest BCUT2D eigenvalue weighted by Crippen LogP contribution is -2.65. The highest BCUT2D eigenvalue weighted by molar-refractivity contribution is 5.21. The molecule has 0 unspecified atom stereocenters. The second-order valence-electron chi connectivity index (χ2n) is 10.6. The second-order valence-corrected chi connectivity index (χ2v) is 10.6. The predicted molar refractivity (Wildman–Crippen MR) is 106 cm³/mol. The molecule has 2 saturated carbocycles. The van der Waals surface area contributed by atoms with Gasteiger partial charge in [-0.15, -0.1) is 0 Å². The fourth-order valence-corrected chi connectivity index (χ4v) is 7.01. The first-order valence-electron chi connectivity index (χ1n) is 11.1. The molecule has 0 aromatic heterocycles. The second kappa shape index (κ2) is 7.35. The van der Waals surface area contributed by atoms with E-state index in [0.29, 0.717) is 25.4 Å². The van der Waals surface area contributed by atoms with Gasteiger partial charge in [0.2, 0.25) is 0 Å². The quantitative estimate of drug-likeness (QED) is 0.473. The topological polar surface area (TPSA) is 121 Å². The molecule has 4 aliphatic rings. The molecule has 0 radical (unpaired) electrons. The lowest BCUT2D eigenvalue weighted by atomic mass is 9.43. The molecule has 11 atom stereocenters. The number of aliphatic hydroxyl groups excluding tert-OH is 3. The van der Waals surface area contributed by atoms with Gasteiger partial charge in [0.15, 0.2) is 12.6 Å². The van der Waals surface area contributed by atoms with E-state index in [1.807, 2.05) is 0 Å². The Morgan fingerprint density at radius 1 is 1.03 bits per heavy atom. The van der Waals surface area contributed by atoms with Crippen LogP contribution in [0.5, 0.6) is 0 Å². The van der Waals surface area contributed by atoms with Gasteiger partial charge in [-0.1, -0.05) is 20.8 Å². The Labute approximate surface area is 178 Å². The third-order valence-electron chi connectivity index (χ3n) is 9.48. The van der Waals surface area contributed by atoms with E-state index in [1.165, 1.54) is 14.2 Å². The molecule has 174 valence electrons. The fourth-order valence-electron chi connectivity index (χ4n) is 7.01. The van der Waals surface area contributed by atoms with Gasteiger partial charge in [0.05, 0.1) is 12.7 Å². The maximum atomic E-state index is 11.3. The van der Waals surface area contributed by atoms with E-state index in [0.717, 1.165) is 12.8 Å². The molecule has 8 nitrogen and oxygen atoms in total. The number of methoxy groups -OCH3 is 2. The van der Waals surface area contributed by atoms with Crippen molar-refractivity contribution in [3.63, 3.8) is 0 Å². The van der Waals surface area contributed by atoms with Gasteiger partial charge in [-0.25, -0.2) is 0 Å². The maximum absolute atomic E-state index is 11.3. The van der Waals surface area contributed by atoms with Crippen molar-refractivity contribution in [2.45, 2.75) is 95.0 Å². The van der Waals surface area contributed by atoms with E-state index < -0.39 is 42.1 Å². The van der Waals surface area contributed by atoms with Crippen molar-refractivity contribution in [3.8, 4) is 0 Å². The van der Waals surface area contributed by atoms with Crippen molar-refractivity contribution in [3.05, 3.63) is 0 Å². The number of aliphatic hydroxyl groups is 4. The monoisotopic (exact) mass is 430 g/mol. The first-order valence-corrected chi connectivity index (χ1v) is 11.1. The van der Waals surface area contributed by atoms with E-state index in [4.69, 9.17) is 18.9 Å². The van der Waals surface area contributed by atoms with Crippen molar-refractivity contribution in [1.82, 2.24) is 0 Å². The molecular formula is C22H38O8. The van der Waals surface area contributed by atoms with Gasteiger partial charge in [-0.2, -0.15) is 0 Å². The summed E-state index contributed by atoms with van der Waals surface area (Å²) in [6, 6.07) is 0. The van der Waals surface area contributed by atoms with Crippen molar-refractivity contribution in [1.29, 1.82) is 0 Å². The van der Waals surface area contributed by atoms with Crippen LogP contribution in [0.15, 0.2) is 0 Å². The minimum atomic E-state index is -1.59. The van der Waals surface area contributed by atoms with Crippen LogP contribution in [0.25, 0.3) is 0 Å². The molecule has 2 aliphatic carbocycles. The Morgan fingerprint density at radius 2 is 1.70 bits per heavy atom. The van der Waals surface area contributed by atoms with Crippen molar-refractivity contribution in [2.24, 2.45) is 22.7 Å². The summed E-state index contributed by atoms with van der Waals surface area (Å²) in [5.41, 5.74) is -2.76. The third-order valence-corrected chi connectivity index (χ3v) is 9.48. The van der Waals surface area contributed by atoms with Crippen molar-refractivity contribution >= 4 is 0 Å². The highest BCUT2D eigenvalue weighted by atomic mass is 16.8. The number of hydrogen-bond donors (Lipinski definition) is 4. The van der Waals surface area contributed by atoms with Crippen LogP contribution in [-0.2, 0) is 18.9 Å². The first kappa shape index (κ1) is 22.9. The molecule has 8 heteroatoms. The average Bonchev–Trinajstić information content (AvgIpc) is 3.49. The molecule has 0 bridgehead atoms. The molecular weight excluding hydrogens is 392 g/mol. The molecule has 4 fully saturated rings. The van der Waals surface area contributed by atoms with Crippen molar-refractivity contribution in [2.75, 3.05) is 20.8 Å². The average molecular weight is 431 g/mol. The Balaban J connectivity index is 1.61. The third kappa shape index (κ3) is 2.88. The molecule has 4 rings (SSSR count). The minimum absolute atomic E-state index is 0.108. The van der Waals surface area contributed by atoms with Gasteiger partial charge in [0.25, 0.3) is 0 Å². The standard InChI is InChI=1S/C22H38O8/c1-12-6-7-20(3)14(10-13(23)15(24)22(20)11-29-22)19(12,2)8-9-21(26)16(25)17(27-4)30-18(21)28-5/h12-18,23-26H,6-11H2,1-5H3/t12-,13-,14+,15-,16+,17+,18-,19-,20-,21-,22-/m0/s1. The van der Waals surface area contributed by atoms with Gasteiger partial charge >= 0.3 is 0 Å². The lowest BCUT2D eigenvalue weighted by molar-refractivity contribution is -0.225. The van der Waals surface area contributed by atoms with Crippen LogP contribution in [0.1, 0.15) is 52.9 Å². The highest BCUT2D eigenvalue weighted by Gasteiger charge is 2.73. The zero-order valence-electron chi connectivity index (χ0n) is 18.7. The van der Waals surface area contributed by atoms with Crippen molar-refractivity contribution < 1.29 is 39.4 Å². The number of fused-ring (bicyclic) bond motifs is 2. The Kier molecular flexibility index (Phi) is 5.60. The van der Waals surface area contributed by atoms with Crippen LogP contribution in [0.4, 0.5) is 0 Å². The molecule has 2 heterocycles. The Hall–Kier alpha value is -0.320. The molecule has 30 heavy (non-hydrogen) atoms. The summed E-state index contributed by atoms with van der Waals surface area (Å²) in [6.45, 7) is 7.09. The van der Waals surface area contributed by atoms with Crippen LogP contribution < -0.4 is 0 Å². The summed E-state index contributed by atoms with van der Waals surface area (Å²) in [4.78, 5) is 0. The van der Waals surface area contributed by atoms with Crippen LogP contribution in [0.2, 0.25) is 0 Å². The van der Waals surface area contributed by atoms with Gasteiger partial charge in [0, 0.05) is 19.6 Å². The van der Waals surface area contributed by atoms with Gasteiger partial charge in [0.1, 0.15) is 23.4 Å². The molecule has 2 saturated heterocycles. The molecule has 4 N–H and O–H groups in total. The predicted octanol–water partition coefficient (Wildman–Crippen LogP) is 0.787. The summed E-state index contributed by atoms with van der Waals surface area (Å²) in [6.07, 6.45) is -1.57. The maximum Gasteiger partial charge on any atom is 0.191 e. The molecule has 2 aliphatic heterocycles. The largest absolute Gasteiger partial charge is 0.390 e. The normalized spacial score (nSPS) is 58.1. The number of ether oxygens (including phenoxy) is 4. The summed E-state index contributed by atoms with van der Waals surface area (Å²) >= 11 is 0. The van der Waals surface area contributed by atoms with Crippen LogP contribution >= 0.6 is 0 Å². The van der Waals surface area contributed by atoms with Crippen LogP contribution in [0, 0.1) is 22.7 Å². The number of hydrogen-bond acceptors (Lipinski definition) is 8. The van der Waals surface area contributed by atoms with E-state index in [9.17, 15) is 20.4 Å². The van der Waals surface area contributed by atoms with Crippen LogP contribution in [-0.4, -0.2) is 83.3 Å². The van der Waals surface area contributed by atoms with Crippen LogP contribution in [0.3, 0.4) is 0 Å². The Morgan fingerprint density at radius 3 is 2.27 bits per heavy atom. The molecule has 0 aromatic rings. The van der Waals surface area contributed by atoms with E-state index in [-0.39, 0.29) is 23.2 Å². The summed E-state index contributed by atoms with van der Waals surface area (Å²) in [7, 11) is 2.86. The summed E-state index contributed by atoms with van der Waals surface area (Å²) < 4.78 is 21.9. The highest BCUT2D eigenvalue weighted by Crippen LogP contribution is 2.68. The zero-order chi connectivity index (χ0) is 22.1. The van der Waals surface area contributed by atoms with E-state index in [1.54, 1.807) is 0 Å². The summed E-state index contributed by atoms with van der Waals surface area (Å²) in [5, 5.41) is 43.4.